The van der Waals surface area contributed by atoms with E-state index in [2.05, 4.69) is 35.7 Å². The number of likely N-dealkylation sites (N-methyl/N-ethyl adjacent to an activating group) is 1. The second-order valence-corrected chi connectivity index (χ2v) is 5.38. The van der Waals surface area contributed by atoms with Gasteiger partial charge in [0.15, 0.2) is 0 Å². The first kappa shape index (κ1) is 13.4. The first-order chi connectivity index (χ1) is 8.40. The summed E-state index contributed by atoms with van der Waals surface area (Å²) in [6.07, 6.45) is 0. The molecular weight excluding hydrogens is 255 g/mol. The maximum Gasteiger partial charge on any atom is 0.235 e. The van der Waals surface area contributed by atoms with Gasteiger partial charge in [-0.1, -0.05) is 11.6 Å². The molecule has 2 atom stereocenters. The third-order valence-corrected chi connectivity index (χ3v) is 3.67. The van der Waals surface area contributed by atoms with E-state index in [1.165, 1.54) is 0 Å². The van der Waals surface area contributed by atoms with Crippen molar-refractivity contribution in [1.82, 2.24) is 9.88 Å². The van der Waals surface area contributed by atoms with Crippen LogP contribution in [0.3, 0.4) is 0 Å². The minimum atomic E-state index is -0.704. The SMILES string of the molecule is C[C@@H]1CN(C)C[C@H](C)N1c1cc(N)c(Cl)c(F)n1. The van der Waals surface area contributed by atoms with Crippen LogP contribution < -0.4 is 10.6 Å². The van der Waals surface area contributed by atoms with Gasteiger partial charge in [0.25, 0.3) is 0 Å². The van der Waals surface area contributed by atoms with E-state index in [0.29, 0.717) is 5.82 Å². The predicted octanol–water partition coefficient (Wildman–Crippen LogP) is 1.99. The average Bonchev–Trinajstić information content (AvgIpc) is 2.24. The number of pyridine rings is 1. The van der Waals surface area contributed by atoms with Crippen molar-refractivity contribution < 1.29 is 4.39 Å². The Labute approximate surface area is 112 Å². The summed E-state index contributed by atoms with van der Waals surface area (Å²) >= 11 is 5.70. The second kappa shape index (κ2) is 4.90. The number of halogens is 2. The van der Waals surface area contributed by atoms with Crippen LogP contribution in [0, 0.1) is 5.95 Å². The molecule has 0 radical (unpaired) electrons. The normalized spacial score (nSPS) is 25.5. The zero-order valence-electron chi connectivity index (χ0n) is 10.8. The maximum absolute atomic E-state index is 13.6. The minimum absolute atomic E-state index is 0.104. The molecule has 100 valence electrons. The summed E-state index contributed by atoms with van der Waals surface area (Å²) in [5, 5.41) is -0.104. The van der Waals surface area contributed by atoms with E-state index in [4.69, 9.17) is 17.3 Å². The molecule has 18 heavy (non-hydrogen) atoms. The highest BCUT2D eigenvalue weighted by Crippen LogP contribution is 2.29. The minimum Gasteiger partial charge on any atom is -0.397 e. The average molecular weight is 273 g/mol. The molecule has 1 aromatic heterocycles. The van der Waals surface area contributed by atoms with Crippen LogP contribution in [0.1, 0.15) is 13.8 Å². The highest BCUT2D eigenvalue weighted by atomic mass is 35.5. The summed E-state index contributed by atoms with van der Waals surface area (Å²) < 4.78 is 13.6. The fraction of sp³-hybridized carbons (Fsp3) is 0.583. The smallest absolute Gasteiger partial charge is 0.235 e. The van der Waals surface area contributed by atoms with Gasteiger partial charge in [-0.05, 0) is 20.9 Å². The van der Waals surface area contributed by atoms with Crippen LogP contribution in [0.15, 0.2) is 6.07 Å². The van der Waals surface area contributed by atoms with Crippen LogP contribution in [0.25, 0.3) is 0 Å². The Kier molecular flexibility index (Phi) is 3.64. The predicted molar refractivity (Wildman–Crippen MR) is 72.5 cm³/mol. The van der Waals surface area contributed by atoms with Gasteiger partial charge in [-0.3, -0.25) is 0 Å². The lowest BCUT2D eigenvalue weighted by Gasteiger charge is -2.44. The van der Waals surface area contributed by atoms with Crippen molar-refractivity contribution in [2.24, 2.45) is 0 Å². The van der Waals surface area contributed by atoms with Gasteiger partial charge in [0.1, 0.15) is 10.8 Å². The molecule has 0 unspecified atom stereocenters. The third-order valence-electron chi connectivity index (χ3n) is 3.30. The molecule has 0 saturated carbocycles. The molecule has 0 aliphatic carbocycles. The zero-order valence-corrected chi connectivity index (χ0v) is 11.6. The first-order valence-corrected chi connectivity index (χ1v) is 6.36. The number of hydrogen-bond donors (Lipinski definition) is 1. The molecule has 2 heterocycles. The van der Waals surface area contributed by atoms with E-state index in [-0.39, 0.29) is 22.8 Å². The Balaban J connectivity index is 2.36. The summed E-state index contributed by atoms with van der Waals surface area (Å²) in [7, 11) is 2.08. The molecule has 1 saturated heterocycles. The number of aromatic nitrogens is 1. The van der Waals surface area contributed by atoms with Crippen LogP contribution >= 0.6 is 11.6 Å². The first-order valence-electron chi connectivity index (χ1n) is 5.98. The number of anilines is 2. The van der Waals surface area contributed by atoms with Gasteiger partial charge in [-0.2, -0.15) is 4.39 Å². The topological polar surface area (TPSA) is 45.4 Å². The van der Waals surface area contributed by atoms with Gasteiger partial charge in [-0.15, -0.1) is 0 Å². The quantitative estimate of drug-likeness (QED) is 0.794. The Morgan fingerprint density at radius 3 is 2.44 bits per heavy atom. The molecular formula is C12H18ClFN4. The molecule has 1 aromatic rings. The summed E-state index contributed by atoms with van der Waals surface area (Å²) in [6.45, 7) is 6.01. The number of nitrogens with zero attached hydrogens (tertiary/aromatic N) is 3. The van der Waals surface area contributed by atoms with E-state index < -0.39 is 5.95 Å². The van der Waals surface area contributed by atoms with Crippen molar-refractivity contribution in [2.45, 2.75) is 25.9 Å². The van der Waals surface area contributed by atoms with Crippen LogP contribution in [0.4, 0.5) is 15.9 Å². The molecule has 1 aliphatic heterocycles. The highest BCUT2D eigenvalue weighted by Gasteiger charge is 2.29. The Morgan fingerprint density at radius 2 is 1.94 bits per heavy atom. The van der Waals surface area contributed by atoms with E-state index in [0.717, 1.165) is 13.1 Å². The summed E-state index contributed by atoms with van der Waals surface area (Å²) in [5.74, 6) is -0.146. The van der Waals surface area contributed by atoms with Crippen molar-refractivity contribution in [3.05, 3.63) is 17.0 Å². The lowest BCUT2D eigenvalue weighted by molar-refractivity contribution is 0.239. The van der Waals surface area contributed by atoms with Gasteiger partial charge in [0.05, 0.1) is 5.69 Å². The van der Waals surface area contributed by atoms with Crippen molar-refractivity contribution in [1.29, 1.82) is 0 Å². The highest BCUT2D eigenvalue weighted by molar-refractivity contribution is 6.33. The van der Waals surface area contributed by atoms with Crippen molar-refractivity contribution in [3.63, 3.8) is 0 Å². The van der Waals surface area contributed by atoms with Gasteiger partial charge in [0.2, 0.25) is 5.95 Å². The Hall–Kier alpha value is -1.07. The number of piperazine rings is 1. The molecule has 2 rings (SSSR count). The Morgan fingerprint density at radius 1 is 1.39 bits per heavy atom. The molecule has 0 bridgehead atoms. The molecule has 0 aromatic carbocycles. The van der Waals surface area contributed by atoms with Crippen molar-refractivity contribution >= 4 is 23.1 Å². The molecule has 6 heteroatoms. The zero-order chi connectivity index (χ0) is 13.4. The van der Waals surface area contributed by atoms with Crippen molar-refractivity contribution in [3.8, 4) is 0 Å². The monoisotopic (exact) mass is 272 g/mol. The van der Waals surface area contributed by atoms with Gasteiger partial charge >= 0.3 is 0 Å². The maximum atomic E-state index is 13.6. The van der Waals surface area contributed by atoms with Crippen LogP contribution in [-0.4, -0.2) is 42.1 Å². The molecule has 1 aliphatic rings. The standard InChI is InChI=1S/C12H18ClFN4/c1-7-5-17(3)6-8(2)18(7)10-4-9(15)11(13)12(14)16-10/h4,7-8H,5-6H2,1-3H3,(H2,15,16)/t7-,8+. The number of nitrogen functional groups attached to an aromatic ring is 1. The van der Waals surface area contributed by atoms with Gasteiger partial charge in [-0.25, -0.2) is 4.98 Å². The van der Waals surface area contributed by atoms with Gasteiger partial charge in [0, 0.05) is 31.2 Å². The summed E-state index contributed by atoms with van der Waals surface area (Å²) in [5.41, 5.74) is 5.93. The number of rotatable bonds is 1. The summed E-state index contributed by atoms with van der Waals surface area (Å²) in [6, 6.07) is 2.15. The van der Waals surface area contributed by atoms with E-state index in [1.807, 2.05) is 0 Å². The Bertz CT molecular complexity index is 419. The fourth-order valence-corrected chi connectivity index (χ4v) is 2.77. The van der Waals surface area contributed by atoms with Crippen LogP contribution in [-0.2, 0) is 0 Å². The van der Waals surface area contributed by atoms with E-state index in [1.54, 1.807) is 6.07 Å². The lowest BCUT2D eigenvalue weighted by Crippen LogP contribution is -2.56. The molecule has 1 fully saturated rings. The second-order valence-electron chi connectivity index (χ2n) is 5.00. The number of nitrogens with two attached hydrogens (primary N) is 1. The fourth-order valence-electron chi connectivity index (χ4n) is 2.67. The molecule has 0 amide bonds. The van der Waals surface area contributed by atoms with Crippen LogP contribution in [0.5, 0.6) is 0 Å². The number of hydrogen-bond acceptors (Lipinski definition) is 4. The molecule has 0 spiro atoms. The van der Waals surface area contributed by atoms with Crippen LogP contribution in [0.2, 0.25) is 5.02 Å². The molecule has 2 N–H and O–H groups in total. The van der Waals surface area contributed by atoms with Gasteiger partial charge < -0.3 is 15.5 Å². The largest absolute Gasteiger partial charge is 0.397 e. The third kappa shape index (κ3) is 2.37. The molecule has 4 nitrogen and oxygen atoms in total. The lowest BCUT2D eigenvalue weighted by atomic mass is 10.1. The van der Waals surface area contributed by atoms with E-state index in [9.17, 15) is 4.39 Å². The van der Waals surface area contributed by atoms with Crippen molar-refractivity contribution in [2.75, 3.05) is 30.8 Å². The summed E-state index contributed by atoms with van der Waals surface area (Å²) in [4.78, 5) is 8.26. The van der Waals surface area contributed by atoms with E-state index >= 15 is 0 Å².